The zero-order valence-corrected chi connectivity index (χ0v) is 17.4. The number of carbonyl (C=O) groups excluding carboxylic acids is 2. The quantitative estimate of drug-likeness (QED) is 0.528. The molecular weight excluding hydrogens is 412 g/mol. The van der Waals surface area contributed by atoms with Crippen molar-refractivity contribution >= 4 is 32.8 Å². The number of hydrogen-bond donors (Lipinski definition) is 2. The summed E-state index contributed by atoms with van der Waals surface area (Å²) in [6, 6.07) is 8.58. The molecule has 164 valence electrons. The van der Waals surface area contributed by atoms with Crippen molar-refractivity contribution < 1.29 is 32.8 Å². The van der Waals surface area contributed by atoms with Gasteiger partial charge in [0.15, 0.2) is 0 Å². The molecule has 2 atom stereocenters. The Morgan fingerprint density at radius 3 is 2.37 bits per heavy atom. The van der Waals surface area contributed by atoms with E-state index in [1.807, 2.05) is 24.3 Å². The third kappa shape index (κ3) is 4.72. The lowest BCUT2D eigenvalue weighted by molar-refractivity contribution is -0.145. The number of nitrogens with zero attached hydrogens (tertiary/aromatic N) is 1. The Morgan fingerprint density at radius 1 is 1.17 bits per heavy atom. The van der Waals surface area contributed by atoms with Gasteiger partial charge in [0.1, 0.15) is 11.9 Å². The van der Waals surface area contributed by atoms with Gasteiger partial charge >= 0.3 is 5.97 Å². The van der Waals surface area contributed by atoms with Gasteiger partial charge in [0, 0.05) is 47.9 Å². The van der Waals surface area contributed by atoms with Gasteiger partial charge in [0.2, 0.25) is 0 Å². The summed E-state index contributed by atoms with van der Waals surface area (Å²) in [5.74, 6) is 0.403. The molecule has 4 N–H and O–H groups in total. The van der Waals surface area contributed by atoms with Crippen LogP contribution in [0.3, 0.4) is 0 Å². The molecule has 4 fully saturated rings. The van der Waals surface area contributed by atoms with Gasteiger partial charge < -0.3 is 15.2 Å². The molecule has 4 bridgehead atoms. The topological polar surface area (TPSA) is 148 Å². The summed E-state index contributed by atoms with van der Waals surface area (Å²) in [5.41, 5.74) is 1.56. The van der Waals surface area contributed by atoms with Crippen molar-refractivity contribution in [1.29, 1.82) is 0 Å². The standard InChI is InChI=1S/C19H20N2O3.CH4O3S.H2O/c22-18-10-21-12-5-11(18)6-13(21)8-14(7-12)24-19(23)16-9-20-17-4-2-1-3-15(16)17;1-5(2,3)4;/h1-4,9,11-14,20H,5-8,10H2;1H3,(H,2,3,4);1H2. The van der Waals surface area contributed by atoms with Crippen LogP contribution in [0, 0.1) is 5.92 Å². The van der Waals surface area contributed by atoms with Crippen molar-refractivity contribution in [3.05, 3.63) is 36.0 Å². The number of H-pyrrole nitrogens is 1. The highest BCUT2D eigenvalue weighted by molar-refractivity contribution is 7.85. The Kier molecular flexibility index (Phi) is 6.32. The largest absolute Gasteiger partial charge is 0.459 e. The van der Waals surface area contributed by atoms with E-state index < -0.39 is 10.1 Å². The van der Waals surface area contributed by atoms with Crippen LogP contribution >= 0.6 is 0 Å². The number of Topliss-reactive ketones (excluding diaryl/α,β-unsaturated/α-hetero) is 1. The van der Waals surface area contributed by atoms with Crippen LogP contribution in [0.5, 0.6) is 0 Å². The lowest BCUT2D eigenvalue weighted by Crippen LogP contribution is -2.63. The van der Waals surface area contributed by atoms with Crippen LogP contribution in [0.15, 0.2) is 30.5 Å². The minimum atomic E-state index is -3.67. The van der Waals surface area contributed by atoms with Gasteiger partial charge in [-0.05, 0) is 18.9 Å². The monoisotopic (exact) mass is 438 g/mol. The Hall–Kier alpha value is -2.27. The van der Waals surface area contributed by atoms with Crippen LogP contribution in [0.4, 0.5) is 0 Å². The molecule has 2 unspecified atom stereocenters. The second-order valence-electron chi connectivity index (χ2n) is 8.09. The first-order valence-corrected chi connectivity index (χ1v) is 11.5. The van der Waals surface area contributed by atoms with Crippen LogP contribution < -0.4 is 0 Å². The highest BCUT2D eigenvalue weighted by atomic mass is 32.2. The third-order valence-corrected chi connectivity index (χ3v) is 6.00. The van der Waals surface area contributed by atoms with Crippen LogP contribution in [-0.2, 0) is 19.6 Å². The van der Waals surface area contributed by atoms with Gasteiger partial charge in [-0.3, -0.25) is 14.2 Å². The second-order valence-corrected chi connectivity index (χ2v) is 9.56. The molecule has 6 rings (SSSR count). The molecule has 1 aromatic carbocycles. The summed E-state index contributed by atoms with van der Waals surface area (Å²) < 4.78 is 31.7. The van der Waals surface area contributed by atoms with Crippen LogP contribution in [0.1, 0.15) is 36.0 Å². The molecule has 30 heavy (non-hydrogen) atoms. The summed E-state index contributed by atoms with van der Waals surface area (Å²) >= 11 is 0. The van der Waals surface area contributed by atoms with E-state index in [1.54, 1.807) is 6.20 Å². The Morgan fingerprint density at radius 2 is 1.77 bits per heavy atom. The van der Waals surface area contributed by atoms with Crippen LogP contribution in [-0.4, -0.2) is 71.1 Å². The average molecular weight is 439 g/mol. The second kappa shape index (κ2) is 8.46. The Balaban J connectivity index is 0.000000386. The van der Waals surface area contributed by atoms with Crippen molar-refractivity contribution in [2.24, 2.45) is 5.92 Å². The fourth-order valence-electron chi connectivity index (χ4n) is 4.87. The molecule has 9 nitrogen and oxygen atoms in total. The first-order valence-electron chi connectivity index (χ1n) is 9.67. The summed E-state index contributed by atoms with van der Waals surface area (Å²) in [7, 11) is -3.67. The van der Waals surface area contributed by atoms with Crippen molar-refractivity contribution in [2.45, 2.75) is 43.9 Å². The van der Waals surface area contributed by atoms with Gasteiger partial charge in [-0.25, -0.2) is 4.79 Å². The molecule has 0 saturated carbocycles. The van der Waals surface area contributed by atoms with E-state index in [0.717, 1.165) is 36.6 Å². The van der Waals surface area contributed by atoms with Crippen molar-refractivity contribution in [3.8, 4) is 0 Å². The SMILES string of the molecule is CS(=O)(=O)O.O.O=C(OC1CC2CC3CC(C1)N2CC3=O)c1c[nH]c2ccccc12. The van der Waals surface area contributed by atoms with Gasteiger partial charge in [-0.15, -0.1) is 0 Å². The predicted molar refractivity (Wildman–Crippen MR) is 110 cm³/mol. The molecule has 0 amide bonds. The summed E-state index contributed by atoms with van der Waals surface area (Å²) in [5, 5.41) is 0.909. The minimum absolute atomic E-state index is 0. The summed E-state index contributed by atoms with van der Waals surface area (Å²) in [6.45, 7) is 0.600. The fourth-order valence-corrected chi connectivity index (χ4v) is 4.87. The van der Waals surface area contributed by atoms with Gasteiger partial charge in [0.25, 0.3) is 10.1 Å². The number of carbonyl (C=O) groups is 2. The lowest BCUT2D eigenvalue weighted by atomic mass is 9.72. The molecule has 0 spiro atoms. The number of para-hydroxylation sites is 1. The van der Waals surface area contributed by atoms with Crippen LogP contribution in [0.2, 0.25) is 0 Å². The zero-order valence-electron chi connectivity index (χ0n) is 16.6. The number of hydrogen-bond acceptors (Lipinski definition) is 6. The highest BCUT2D eigenvalue weighted by Crippen LogP contribution is 2.42. The number of ketones is 1. The van der Waals surface area contributed by atoms with E-state index in [1.165, 1.54) is 0 Å². The van der Waals surface area contributed by atoms with E-state index >= 15 is 0 Å². The number of aromatic nitrogens is 1. The van der Waals surface area contributed by atoms with E-state index in [-0.39, 0.29) is 23.5 Å². The summed E-state index contributed by atoms with van der Waals surface area (Å²) in [4.78, 5) is 30.0. The maximum Gasteiger partial charge on any atom is 0.340 e. The molecule has 1 aromatic heterocycles. The van der Waals surface area contributed by atoms with E-state index in [4.69, 9.17) is 9.29 Å². The van der Waals surface area contributed by atoms with Crippen molar-refractivity contribution in [1.82, 2.24) is 9.88 Å². The molecular formula is C20H26N2O7S. The smallest absolute Gasteiger partial charge is 0.340 e. The molecule has 4 aliphatic rings. The minimum Gasteiger partial charge on any atom is -0.459 e. The fraction of sp³-hybridized carbons (Fsp3) is 0.500. The molecule has 0 radical (unpaired) electrons. The number of aromatic amines is 1. The number of rotatable bonds is 2. The zero-order chi connectivity index (χ0) is 20.8. The normalized spacial score (nSPS) is 29.5. The Labute approximate surface area is 174 Å². The van der Waals surface area contributed by atoms with Gasteiger partial charge in [-0.2, -0.15) is 8.42 Å². The number of nitrogens with one attached hydrogen (secondary N) is 1. The van der Waals surface area contributed by atoms with Crippen molar-refractivity contribution in [3.63, 3.8) is 0 Å². The number of piperidine rings is 4. The van der Waals surface area contributed by atoms with Crippen molar-refractivity contribution in [2.75, 3.05) is 12.8 Å². The number of fused-ring (bicyclic) bond motifs is 2. The molecule has 5 heterocycles. The summed E-state index contributed by atoms with van der Waals surface area (Å²) in [6.07, 6.45) is 6.01. The first-order chi connectivity index (χ1) is 13.7. The molecule has 4 aliphatic heterocycles. The number of ether oxygens (including phenoxy) is 1. The van der Waals surface area contributed by atoms with Gasteiger partial charge in [-0.1, -0.05) is 18.2 Å². The maximum atomic E-state index is 12.6. The third-order valence-electron chi connectivity index (χ3n) is 6.00. The van der Waals surface area contributed by atoms with E-state index in [9.17, 15) is 18.0 Å². The lowest BCUT2D eigenvalue weighted by Gasteiger charge is -2.54. The molecule has 0 aliphatic carbocycles. The maximum absolute atomic E-state index is 12.6. The first kappa shape index (κ1) is 22.4. The van der Waals surface area contributed by atoms with E-state index in [0.29, 0.717) is 36.2 Å². The number of esters is 1. The average Bonchev–Trinajstić information content (AvgIpc) is 3.04. The molecule has 10 heteroatoms. The molecule has 2 aromatic rings. The predicted octanol–water partition coefficient (Wildman–Crippen LogP) is 1.20. The van der Waals surface area contributed by atoms with E-state index in [2.05, 4.69) is 9.88 Å². The molecule has 4 saturated heterocycles. The van der Waals surface area contributed by atoms with Crippen LogP contribution in [0.25, 0.3) is 10.9 Å². The highest BCUT2D eigenvalue weighted by Gasteiger charge is 2.49. The Bertz CT molecular complexity index is 1020. The number of benzene rings is 1. The van der Waals surface area contributed by atoms with Gasteiger partial charge in [0.05, 0.1) is 18.4 Å².